The summed E-state index contributed by atoms with van der Waals surface area (Å²) in [6.07, 6.45) is 4.94. The van der Waals surface area contributed by atoms with Gasteiger partial charge in [0.2, 0.25) is 11.8 Å². The lowest BCUT2D eigenvalue weighted by molar-refractivity contribution is 0.175. The van der Waals surface area contributed by atoms with Gasteiger partial charge in [0.15, 0.2) is 5.82 Å². The lowest BCUT2D eigenvalue weighted by Crippen LogP contribution is -2.45. The van der Waals surface area contributed by atoms with E-state index in [4.69, 9.17) is 8.94 Å². The molecule has 1 atom stereocenters. The van der Waals surface area contributed by atoms with Gasteiger partial charge in [0.05, 0.1) is 19.3 Å². The van der Waals surface area contributed by atoms with Crippen molar-refractivity contribution in [1.29, 1.82) is 0 Å². The Morgan fingerprint density at radius 3 is 2.84 bits per heavy atom. The van der Waals surface area contributed by atoms with E-state index in [1.165, 1.54) is 0 Å². The van der Waals surface area contributed by atoms with E-state index in [9.17, 15) is 0 Å². The van der Waals surface area contributed by atoms with Gasteiger partial charge in [-0.3, -0.25) is 4.90 Å². The molecule has 0 aliphatic carbocycles. The first-order valence-corrected chi connectivity index (χ1v) is 9.16. The summed E-state index contributed by atoms with van der Waals surface area (Å²) >= 11 is 0. The van der Waals surface area contributed by atoms with E-state index in [1.807, 2.05) is 13.1 Å². The minimum Gasteiger partial charge on any atom is -0.444 e. The van der Waals surface area contributed by atoms with Crippen LogP contribution < -0.4 is 5.32 Å². The lowest BCUT2D eigenvalue weighted by atomic mass is 9.94. The Balaban J connectivity index is 1.49. The molecule has 138 valence electrons. The summed E-state index contributed by atoms with van der Waals surface area (Å²) in [4.78, 5) is 11.2. The van der Waals surface area contributed by atoms with E-state index in [2.05, 4.69) is 46.1 Å². The van der Waals surface area contributed by atoms with Crippen molar-refractivity contribution >= 4 is 0 Å². The molecule has 1 aliphatic heterocycles. The third kappa shape index (κ3) is 4.89. The van der Waals surface area contributed by atoms with Crippen molar-refractivity contribution in [3.63, 3.8) is 0 Å². The highest BCUT2D eigenvalue weighted by Gasteiger charge is 2.23. The van der Waals surface area contributed by atoms with Gasteiger partial charge in [0.1, 0.15) is 5.76 Å². The summed E-state index contributed by atoms with van der Waals surface area (Å²) in [7, 11) is 0. The monoisotopic (exact) mass is 347 g/mol. The van der Waals surface area contributed by atoms with Crippen LogP contribution in [0.4, 0.5) is 0 Å². The SMILES string of the molecule is CCc1nc(CN2CCC[C@@H](NCc3ncc(C(C)(C)C)o3)C2)no1. The van der Waals surface area contributed by atoms with Crippen molar-refractivity contribution in [3.05, 3.63) is 29.6 Å². The first-order chi connectivity index (χ1) is 11.9. The van der Waals surface area contributed by atoms with Crippen molar-refractivity contribution in [2.24, 2.45) is 0 Å². The number of rotatable bonds is 6. The molecular formula is C18H29N5O2. The van der Waals surface area contributed by atoms with Crippen LogP contribution in [0.5, 0.6) is 0 Å². The van der Waals surface area contributed by atoms with Crippen molar-refractivity contribution in [1.82, 2.24) is 25.3 Å². The topological polar surface area (TPSA) is 80.2 Å². The van der Waals surface area contributed by atoms with Gasteiger partial charge in [-0.2, -0.15) is 4.98 Å². The predicted molar refractivity (Wildman–Crippen MR) is 94.0 cm³/mol. The van der Waals surface area contributed by atoms with E-state index >= 15 is 0 Å². The van der Waals surface area contributed by atoms with Gasteiger partial charge in [-0.1, -0.05) is 32.9 Å². The van der Waals surface area contributed by atoms with E-state index < -0.39 is 0 Å². The fourth-order valence-corrected chi connectivity index (χ4v) is 3.03. The Labute approximate surface area is 149 Å². The number of oxazole rings is 1. The van der Waals surface area contributed by atoms with Crippen LogP contribution in [0.25, 0.3) is 0 Å². The van der Waals surface area contributed by atoms with E-state index in [0.717, 1.165) is 56.4 Å². The molecule has 1 fully saturated rings. The molecule has 0 saturated carbocycles. The second-order valence-electron chi connectivity index (χ2n) is 7.78. The van der Waals surface area contributed by atoms with Gasteiger partial charge in [-0.05, 0) is 19.4 Å². The molecule has 0 bridgehead atoms. The van der Waals surface area contributed by atoms with Gasteiger partial charge >= 0.3 is 0 Å². The minimum atomic E-state index is -0.00513. The summed E-state index contributed by atoms with van der Waals surface area (Å²) in [6, 6.07) is 0.427. The van der Waals surface area contributed by atoms with Crippen LogP contribution in [-0.4, -0.2) is 39.2 Å². The largest absolute Gasteiger partial charge is 0.444 e. The van der Waals surface area contributed by atoms with Gasteiger partial charge in [-0.25, -0.2) is 4.98 Å². The van der Waals surface area contributed by atoms with E-state index in [1.54, 1.807) is 0 Å². The second kappa shape index (κ2) is 7.66. The zero-order valence-electron chi connectivity index (χ0n) is 15.7. The molecule has 2 aromatic heterocycles. The molecule has 2 aromatic rings. The zero-order valence-corrected chi connectivity index (χ0v) is 15.7. The summed E-state index contributed by atoms with van der Waals surface area (Å²) in [5.41, 5.74) is -0.00513. The fourth-order valence-electron chi connectivity index (χ4n) is 3.03. The molecule has 0 amide bonds. The number of piperidine rings is 1. The summed E-state index contributed by atoms with van der Waals surface area (Å²) in [5.74, 6) is 3.17. The second-order valence-corrected chi connectivity index (χ2v) is 7.78. The molecule has 0 radical (unpaired) electrons. The van der Waals surface area contributed by atoms with Crippen molar-refractivity contribution in [2.45, 2.75) is 71.5 Å². The number of aromatic nitrogens is 3. The average molecular weight is 347 g/mol. The number of hydrogen-bond acceptors (Lipinski definition) is 7. The Hall–Kier alpha value is -1.73. The van der Waals surface area contributed by atoms with Crippen molar-refractivity contribution in [2.75, 3.05) is 13.1 Å². The highest BCUT2D eigenvalue weighted by molar-refractivity contribution is 5.06. The van der Waals surface area contributed by atoms with Crippen molar-refractivity contribution < 1.29 is 8.94 Å². The molecule has 1 saturated heterocycles. The fraction of sp³-hybridized carbons (Fsp3) is 0.722. The number of likely N-dealkylation sites (tertiary alicyclic amines) is 1. The summed E-state index contributed by atoms with van der Waals surface area (Å²) in [5, 5.41) is 7.62. The minimum absolute atomic E-state index is 0.00513. The summed E-state index contributed by atoms with van der Waals surface area (Å²) in [6.45, 7) is 11.9. The van der Waals surface area contributed by atoms with Gasteiger partial charge in [-0.15, -0.1) is 0 Å². The number of nitrogens with one attached hydrogen (secondary N) is 1. The number of hydrogen-bond donors (Lipinski definition) is 1. The Morgan fingerprint density at radius 1 is 1.32 bits per heavy atom. The van der Waals surface area contributed by atoms with E-state index in [0.29, 0.717) is 18.5 Å². The molecule has 0 spiro atoms. The van der Waals surface area contributed by atoms with E-state index in [-0.39, 0.29) is 5.41 Å². The molecular weight excluding hydrogens is 318 g/mol. The summed E-state index contributed by atoms with van der Waals surface area (Å²) < 4.78 is 11.1. The van der Waals surface area contributed by atoms with Gasteiger partial charge < -0.3 is 14.3 Å². The maximum absolute atomic E-state index is 5.86. The molecule has 3 heterocycles. The molecule has 0 unspecified atom stereocenters. The number of aryl methyl sites for hydroxylation is 1. The first kappa shape index (κ1) is 18.1. The number of nitrogens with zero attached hydrogens (tertiary/aromatic N) is 4. The van der Waals surface area contributed by atoms with Crippen LogP contribution in [0, 0.1) is 0 Å². The molecule has 7 nitrogen and oxygen atoms in total. The maximum Gasteiger partial charge on any atom is 0.226 e. The van der Waals surface area contributed by atoms with Crippen LogP contribution in [0.3, 0.4) is 0 Å². The maximum atomic E-state index is 5.86. The molecule has 0 aromatic carbocycles. The first-order valence-electron chi connectivity index (χ1n) is 9.16. The Kier molecular flexibility index (Phi) is 5.54. The smallest absolute Gasteiger partial charge is 0.226 e. The van der Waals surface area contributed by atoms with Crippen LogP contribution in [0.2, 0.25) is 0 Å². The Morgan fingerprint density at radius 2 is 2.16 bits per heavy atom. The van der Waals surface area contributed by atoms with Gasteiger partial charge in [0, 0.05) is 24.4 Å². The van der Waals surface area contributed by atoms with Crippen LogP contribution in [0.15, 0.2) is 15.1 Å². The molecule has 1 aliphatic rings. The van der Waals surface area contributed by atoms with Crippen LogP contribution >= 0.6 is 0 Å². The van der Waals surface area contributed by atoms with Crippen molar-refractivity contribution in [3.8, 4) is 0 Å². The van der Waals surface area contributed by atoms with Crippen LogP contribution in [-0.2, 0) is 24.9 Å². The third-order valence-electron chi connectivity index (χ3n) is 4.52. The molecule has 3 rings (SSSR count). The molecule has 1 N–H and O–H groups in total. The normalized spacial score (nSPS) is 19.4. The Bertz CT molecular complexity index is 673. The molecule has 25 heavy (non-hydrogen) atoms. The quantitative estimate of drug-likeness (QED) is 0.860. The highest BCUT2D eigenvalue weighted by Crippen LogP contribution is 2.22. The third-order valence-corrected chi connectivity index (χ3v) is 4.52. The standard InChI is InChI=1S/C18H29N5O2/c1-5-16-21-15(22-25-16)12-23-8-6-7-13(11-23)19-10-17-20-9-14(24-17)18(2,3)4/h9,13,19H,5-8,10-12H2,1-4H3/t13-/m1/s1. The average Bonchev–Trinajstić information content (AvgIpc) is 3.22. The van der Waals surface area contributed by atoms with Gasteiger partial charge in [0.25, 0.3) is 0 Å². The van der Waals surface area contributed by atoms with Crippen LogP contribution in [0.1, 0.15) is 63.9 Å². The predicted octanol–water partition coefficient (Wildman–Crippen LogP) is 2.67. The highest BCUT2D eigenvalue weighted by atomic mass is 16.5. The lowest BCUT2D eigenvalue weighted by Gasteiger charge is -2.32. The molecule has 7 heteroatoms. The zero-order chi connectivity index (χ0) is 17.9.